The first-order chi connectivity index (χ1) is 5.31. The number of methoxy groups -OCH3 is 1. The van der Waals surface area contributed by atoms with Crippen LogP contribution in [-0.4, -0.2) is 7.11 Å². The molecule has 11 heavy (non-hydrogen) atoms. The van der Waals surface area contributed by atoms with E-state index in [1.165, 1.54) is 18.4 Å². The Morgan fingerprint density at radius 2 is 2.36 bits per heavy atom. The topological polar surface area (TPSA) is 9.23 Å². The Balaban J connectivity index is 2.26. The van der Waals surface area contributed by atoms with Gasteiger partial charge in [0.05, 0.1) is 12.9 Å². The Kier molecular flexibility index (Phi) is 1.52. The second-order valence-electron chi connectivity index (χ2n) is 3.48. The van der Waals surface area contributed by atoms with Gasteiger partial charge in [-0.2, -0.15) is 0 Å². The lowest BCUT2D eigenvalue weighted by Gasteiger charge is -2.11. The van der Waals surface area contributed by atoms with E-state index in [-0.39, 0.29) is 0 Å². The molecule has 2 unspecified atom stereocenters. The molecular formula is C10H14O. The summed E-state index contributed by atoms with van der Waals surface area (Å²) in [5, 5.41) is 0. The third-order valence-corrected chi connectivity index (χ3v) is 2.86. The standard InChI is InChI=1S/C10H14O/c1-7(11-2)10-6-8-3-4-9(10)5-8/h3-4,8-9H,5-6H2,1-2H3/b10-7+. The van der Waals surface area contributed by atoms with Gasteiger partial charge in [-0.05, 0) is 31.3 Å². The molecule has 2 aliphatic carbocycles. The van der Waals surface area contributed by atoms with Gasteiger partial charge in [-0.3, -0.25) is 0 Å². The van der Waals surface area contributed by atoms with Gasteiger partial charge in [-0.15, -0.1) is 0 Å². The van der Waals surface area contributed by atoms with E-state index in [0.717, 1.165) is 11.7 Å². The van der Waals surface area contributed by atoms with Gasteiger partial charge in [-0.1, -0.05) is 12.2 Å². The monoisotopic (exact) mass is 150 g/mol. The van der Waals surface area contributed by atoms with Crippen molar-refractivity contribution < 1.29 is 4.74 Å². The van der Waals surface area contributed by atoms with E-state index in [1.54, 1.807) is 7.11 Å². The van der Waals surface area contributed by atoms with Crippen molar-refractivity contribution in [2.24, 2.45) is 11.8 Å². The highest BCUT2D eigenvalue weighted by Gasteiger charge is 2.32. The van der Waals surface area contributed by atoms with E-state index in [9.17, 15) is 0 Å². The van der Waals surface area contributed by atoms with Crippen LogP contribution in [0.3, 0.4) is 0 Å². The molecule has 0 heterocycles. The Labute approximate surface area is 67.7 Å². The maximum absolute atomic E-state index is 5.23. The molecule has 2 rings (SSSR count). The number of allylic oxidation sites excluding steroid dienone is 4. The molecule has 0 aromatic rings. The summed E-state index contributed by atoms with van der Waals surface area (Å²) < 4.78 is 5.23. The van der Waals surface area contributed by atoms with Crippen molar-refractivity contribution in [3.63, 3.8) is 0 Å². The highest BCUT2D eigenvalue weighted by molar-refractivity contribution is 5.28. The molecule has 0 saturated heterocycles. The molecular weight excluding hydrogens is 136 g/mol. The van der Waals surface area contributed by atoms with Crippen LogP contribution in [0.2, 0.25) is 0 Å². The fourth-order valence-electron chi connectivity index (χ4n) is 2.15. The molecule has 0 aromatic carbocycles. The lowest BCUT2D eigenvalue weighted by atomic mass is 10.00. The maximum atomic E-state index is 5.23. The Morgan fingerprint density at radius 3 is 2.82 bits per heavy atom. The molecule has 1 nitrogen and oxygen atoms in total. The zero-order valence-corrected chi connectivity index (χ0v) is 7.13. The number of rotatable bonds is 1. The van der Waals surface area contributed by atoms with Crippen molar-refractivity contribution >= 4 is 0 Å². The van der Waals surface area contributed by atoms with Crippen molar-refractivity contribution in [1.29, 1.82) is 0 Å². The molecule has 0 radical (unpaired) electrons. The summed E-state index contributed by atoms with van der Waals surface area (Å²) in [7, 11) is 1.76. The lowest BCUT2D eigenvalue weighted by molar-refractivity contribution is 0.285. The van der Waals surface area contributed by atoms with Crippen molar-refractivity contribution in [2.45, 2.75) is 19.8 Å². The van der Waals surface area contributed by atoms with Gasteiger partial charge in [0.15, 0.2) is 0 Å². The van der Waals surface area contributed by atoms with Crippen LogP contribution >= 0.6 is 0 Å². The summed E-state index contributed by atoms with van der Waals surface area (Å²) in [5.74, 6) is 2.67. The van der Waals surface area contributed by atoms with Crippen LogP contribution in [0.4, 0.5) is 0 Å². The van der Waals surface area contributed by atoms with Crippen LogP contribution in [0.25, 0.3) is 0 Å². The van der Waals surface area contributed by atoms with E-state index in [4.69, 9.17) is 4.74 Å². The Hall–Kier alpha value is -0.720. The first-order valence-electron chi connectivity index (χ1n) is 4.23. The van der Waals surface area contributed by atoms with E-state index < -0.39 is 0 Å². The summed E-state index contributed by atoms with van der Waals surface area (Å²) >= 11 is 0. The van der Waals surface area contributed by atoms with Crippen LogP contribution in [-0.2, 0) is 4.74 Å². The van der Waals surface area contributed by atoms with Crippen LogP contribution in [0.15, 0.2) is 23.5 Å². The molecule has 0 N–H and O–H groups in total. The number of hydrogen-bond donors (Lipinski definition) is 0. The average molecular weight is 150 g/mol. The molecule has 2 aliphatic rings. The molecule has 0 aromatic heterocycles. The van der Waals surface area contributed by atoms with Crippen LogP contribution in [0, 0.1) is 11.8 Å². The van der Waals surface area contributed by atoms with Gasteiger partial charge < -0.3 is 4.74 Å². The third-order valence-electron chi connectivity index (χ3n) is 2.86. The Bertz CT molecular complexity index is 225. The van der Waals surface area contributed by atoms with Crippen LogP contribution in [0.1, 0.15) is 19.8 Å². The van der Waals surface area contributed by atoms with Crippen molar-refractivity contribution in [3.8, 4) is 0 Å². The van der Waals surface area contributed by atoms with Crippen molar-refractivity contribution in [2.75, 3.05) is 7.11 Å². The predicted octanol–water partition coefficient (Wildman–Crippen LogP) is 2.50. The van der Waals surface area contributed by atoms with E-state index in [0.29, 0.717) is 5.92 Å². The molecule has 0 spiro atoms. The van der Waals surface area contributed by atoms with Crippen LogP contribution in [0.5, 0.6) is 0 Å². The molecule has 1 saturated carbocycles. The predicted molar refractivity (Wildman–Crippen MR) is 45.1 cm³/mol. The van der Waals surface area contributed by atoms with E-state index in [2.05, 4.69) is 19.1 Å². The van der Waals surface area contributed by atoms with Gasteiger partial charge in [0.2, 0.25) is 0 Å². The first kappa shape index (κ1) is 6.96. The van der Waals surface area contributed by atoms with Gasteiger partial charge in [0.1, 0.15) is 0 Å². The highest BCUT2D eigenvalue weighted by atomic mass is 16.5. The van der Waals surface area contributed by atoms with Crippen molar-refractivity contribution in [3.05, 3.63) is 23.5 Å². The fourth-order valence-corrected chi connectivity index (χ4v) is 2.15. The smallest absolute Gasteiger partial charge is 0.0922 e. The number of fused-ring (bicyclic) bond motifs is 2. The fraction of sp³-hybridized carbons (Fsp3) is 0.600. The summed E-state index contributed by atoms with van der Waals surface area (Å²) in [4.78, 5) is 0. The minimum Gasteiger partial charge on any atom is -0.501 e. The molecule has 1 heteroatoms. The second-order valence-corrected chi connectivity index (χ2v) is 3.48. The van der Waals surface area contributed by atoms with Gasteiger partial charge in [0.25, 0.3) is 0 Å². The van der Waals surface area contributed by atoms with Crippen molar-refractivity contribution in [1.82, 2.24) is 0 Å². The molecule has 60 valence electrons. The lowest BCUT2D eigenvalue weighted by Crippen LogP contribution is -1.97. The molecule has 2 bridgehead atoms. The second kappa shape index (κ2) is 2.40. The largest absolute Gasteiger partial charge is 0.501 e. The minimum atomic E-state index is 0.708. The maximum Gasteiger partial charge on any atom is 0.0922 e. The molecule has 0 aliphatic heterocycles. The summed E-state index contributed by atoms with van der Waals surface area (Å²) in [6, 6.07) is 0. The third kappa shape index (κ3) is 0.991. The molecule has 1 fully saturated rings. The zero-order chi connectivity index (χ0) is 7.84. The number of hydrogen-bond acceptors (Lipinski definition) is 1. The summed E-state index contributed by atoms with van der Waals surface area (Å²) in [6.07, 6.45) is 7.24. The van der Waals surface area contributed by atoms with Crippen LogP contribution < -0.4 is 0 Å². The van der Waals surface area contributed by atoms with Gasteiger partial charge in [0, 0.05) is 5.92 Å². The molecule has 2 atom stereocenters. The molecule has 0 amide bonds. The first-order valence-corrected chi connectivity index (χ1v) is 4.23. The van der Waals surface area contributed by atoms with Gasteiger partial charge in [-0.25, -0.2) is 0 Å². The summed E-state index contributed by atoms with van der Waals surface area (Å²) in [5.41, 5.74) is 1.53. The quantitative estimate of drug-likeness (QED) is 0.412. The SMILES string of the molecule is CO/C(C)=C1\CC2C=CC1C2. The minimum absolute atomic E-state index is 0.708. The highest BCUT2D eigenvalue weighted by Crippen LogP contribution is 2.44. The Morgan fingerprint density at radius 1 is 1.55 bits per heavy atom. The normalized spacial score (nSPS) is 38.0. The van der Waals surface area contributed by atoms with E-state index >= 15 is 0 Å². The summed E-state index contributed by atoms with van der Waals surface area (Å²) in [6.45, 7) is 2.07. The zero-order valence-electron chi connectivity index (χ0n) is 7.13. The van der Waals surface area contributed by atoms with E-state index in [1.807, 2.05) is 0 Å². The number of ether oxygens (including phenoxy) is 1. The average Bonchev–Trinajstić information content (AvgIpc) is 2.62. The van der Waals surface area contributed by atoms with Gasteiger partial charge >= 0.3 is 0 Å².